The summed E-state index contributed by atoms with van der Waals surface area (Å²) in [5.74, 6) is -0.401. The monoisotopic (exact) mass is 399 g/mol. The second-order valence-electron chi connectivity index (χ2n) is 8.02. The zero-order valence-electron chi connectivity index (χ0n) is 17.6. The summed E-state index contributed by atoms with van der Waals surface area (Å²) in [5.41, 5.74) is 9.82. The molecule has 2 aromatic rings. The summed E-state index contributed by atoms with van der Waals surface area (Å²) >= 11 is 0. The van der Waals surface area contributed by atoms with E-state index in [1.807, 2.05) is 39.0 Å². The van der Waals surface area contributed by atoms with Gasteiger partial charge in [0.1, 0.15) is 11.3 Å². The van der Waals surface area contributed by atoms with Crippen molar-refractivity contribution in [3.05, 3.63) is 41.6 Å². The molecule has 0 spiro atoms. The molecule has 0 aliphatic carbocycles. The highest BCUT2D eigenvalue weighted by molar-refractivity contribution is 7.14. The van der Waals surface area contributed by atoms with Crippen molar-refractivity contribution in [2.45, 2.75) is 65.3 Å². The Morgan fingerprint density at radius 2 is 1.68 bits per heavy atom. The summed E-state index contributed by atoms with van der Waals surface area (Å²) in [6, 6.07) is 11.3. The van der Waals surface area contributed by atoms with Gasteiger partial charge < -0.3 is 10.3 Å². The molecule has 0 unspecified atom stereocenters. The van der Waals surface area contributed by atoms with Gasteiger partial charge in [-0.25, -0.2) is 9.36 Å². The number of ketones is 1. The molecule has 0 atom stereocenters. The van der Waals surface area contributed by atoms with Gasteiger partial charge in [-0.2, -0.15) is 4.79 Å². The van der Waals surface area contributed by atoms with E-state index in [1.165, 1.54) is 4.57 Å². The highest BCUT2D eigenvalue weighted by Gasteiger charge is 2.46. The van der Waals surface area contributed by atoms with Gasteiger partial charge in [0.05, 0.1) is 5.52 Å². The summed E-state index contributed by atoms with van der Waals surface area (Å²) < 4.78 is 6.84. The van der Waals surface area contributed by atoms with Gasteiger partial charge in [-0.1, -0.05) is 39.0 Å². The molecule has 2 rings (SSSR count). The van der Waals surface area contributed by atoms with Crippen LogP contribution in [0.4, 0.5) is 4.79 Å². The lowest BCUT2D eigenvalue weighted by Crippen LogP contribution is -2.48. The molecule has 0 saturated carbocycles. The lowest BCUT2D eigenvalue weighted by atomic mass is 10.2. The van der Waals surface area contributed by atoms with E-state index in [0.717, 1.165) is 23.5 Å². The van der Waals surface area contributed by atoms with Crippen LogP contribution in [-0.2, 0) is 4.74 Å². The molecule has 1 heterocycles. The number of benzene rings is 1. The maximum absolute atomic E-state index is 13.5. The average molecular weight is 400 g/mol. The van der Waals surface area contributed by atoms with Crippen LogP contribution in [0, 0.1) is 0 Å². The number of carbonyl (C=O) groups is 2. The molecule has 150 valence electrons. The third kappa shape index (κ3) is 4.00. The highest BCUT2D eigenvalue weighted by Crippen LogP contribution is 2.27. The second kappa shape index (κ2) is 8.25. The van der Waals surface area contributed by atoms with Gasteiger partial charge in [0.25, 0.3) is 5.78 Å². The second-order valence-corrected chi connectivity index (χ2v) is 13.2. The molecule has 0 aliphatic heterocycles. The minimum atomic E-state index is -2.26. The van der Waals surface area contributed by atoms with Crippen molar-refractivity contribution in [1.29, 1.82) is 0 Å². The maximum Gasteiger partial charge on any atom is 0.419 e. The first kappa shape index (κ1) is 21.8. The smallest absolute Gasteiger partial charge is 0.419 e. The molecule has 28 heavy (non-hydrogen) atoms. The molecular weight excluding hydrogens is 370 g/mol. The number of aromatic nitrogens is 1. The molecule has 0 bridgehead atoms. The normalized spacial score (nSPS) is 11.9. The zero-order chi connectivity index (χ0) is 21.1. The number of hydrogen-bond acceptors (Lipinski definition) is 3. The molecule has 0 amide bonds. The first-order chi connectivity index (χ1) is 13.1. The van der Waals surface area contributed by atoms with Crippen LogP contribution in [0.1, 0.15) is 52.0 Å². The Hall–Kier alpha value is -2.50. The van der Waals surface area contributed by atoms with Gasteiger partial charge in [-0.05, 0) is 51.0 Å². The van der Waals surface area contributed by atoms with Crippen LogP contribution in [0.5, 0.6) is 0 Å². The van der Waals surface area contributed by atoms with E-state index < -0.39 is 25.6 Å². The standard InChI is InChI=1S/C21H29N3O3Si/c1-7-28(8-2,9-3)19(23-22)18(25)17-14-15-12-10-11-13-16(15)24(17)20(26)27-21(4,5)6/h10-14H,7-9H2,1-6H3. The average Bonchev–Trinajstić information content (AvgIpc) is 3.04. The van der Waals surface area contributed by atoms with Gasteiger partial charge >= 0.3 is 11.4 Å². The first-order valence-electron chi connectivity index (χ1n) is 9.75. The number of fused-ring (bicyclic) bond motifs is 1. The number of rotatable bonds is 6. The molecular formula is C21H29N3O3Si. The quantitative estimate of drug-likeness (QED) is 0.216. The Bertz CT molecular complexity index is 937. The molecule has 1 aromatic carbocycles. The Kier molecular flexibility index (Phi) is 6.42. The van der Waals surface area contributed by atoms with Gasteiger partial charge in [-0.3, -0.25) is 4.79 Å². The predicted molar refractivity (Wildman–Crippen MR) is 114 cm³/mol. The van der Waals surface area contributed by atoms with E-state index in [4.69, 9.17) is 4.74 Å². The summed E-state index contributed by atoms with van der Waals surface area (Å²) in [5, 5.41) is 0.971. The summed E-state index contributed by atoms with van der Waals surface area (Å²) in [6.07, 6.45) is -0.619. The van der Waals surface area contributed by atoms with E-state index in [0.29, 0.717) is 5.52 Å². The number of hydrogen-bond donors (Lipinski definition) is 0. The number of para-hydroxylation sites is 1. The van der Waals surface area contributed by atoms with E-state index in [-0.39, 0.29) is 11.0 Å². The molecule has 0 radical (unpaired) electrons. The Balaban J connectivity index is 2.69. The third-order valence-corrected chi connectivity index (χ3v) is 10.8. The lowest BCUT2D eigenvalue weighted by molar-refractivity contribution is -0.00273. The summed E-state index contributed by atoms with van der Waals surface area (Å²) in [7, 11) is -2.26. The first-order valence-corrected chi connectivity index (χ1v) is 12.4. The topological polar surface area (TPSA) is 84.7 Å². The van der Waals surface area contributed by atoms with Crippen LogP contribution in [0.3, 0.4) is 0 Å². The summed E-state index contributed by atoms with van der Waals surface area (Å²) in [6.45, 7) is 11.4. The molecule has 0 saturated heterocycles. The fourth-order valence-electron chi connectivity index (χ4n) is 3.59. The van der Waals surface area contributed by atoms with Crippen LogP contribution in [0.15, 0.2) is 30.3 Å². The van der Waals surface area contributed by atoms with E-state index in [1.54, 1.807) is 32.9 Å². The largest absolute Gasteiger partial charge is 0.443 e. The van der Waals surface area contributed by atoms with Crippen LogP contribution in [0.25, 0.3) is 16.4 Å². The molecule has 0 aliphatic rings. The van der Waals surface area contributed by atoms with E-state index in [9.17, 15) is 15.1 Å². The Morgan fingerprint density at radius 3 is 2.18 bits per heavy atom. The Labute approximate surface area is 167 Å². The van der Waals surface area contributed by atoms with Gasteiger partial charge in [0.15, 0.2) is 8.07 Å². The molecule has 0 N–H and O–H groups in total. The van der Waals surface area contributed by atoms with Crippen molar-refractivity contribution < 1.29 is 19.1 Å². The number of carbonyl (C=O) groups excluding carboxylic acids is 2. The van der Waals surface area contributed by atoms with Gasteiger partial charge in [-0.15, -0.1) is 0 Å². The van der Waals surface area contributed by atoms with Crippen molar-refractivity contribution in [2.75, 3.05) is 0 Å². The van der Waals surface area contributed by atoms with Gasteiger partial charge in [0, 0.05) is 5.39 Å². The van der Waals surface area contributed by atoms with Crippen molar-refractivity contribution in [3.63, 3.8) is 0 Å². The summed E-state index contributed by atoms with van der Waals surface area (Å²) in [4.78, 5) is 29.9. The van der Waals surface area contributed by atoms with E-state index >= 15 is 0 Å². The van der Waals surface area contributed by atoms with Crippen LogP contribution in [-0.4, -0.2) is 40.2 Å². The highest BCUT2D eigenvalue weighted by atomic mass is 28.3. The third-order valence-electron chi connectivity index (χ3n) is 5.37. The minimum Gasteiger partial charge on any atom is -0.443 e. The number of ether oxygens (including phenoxy) is 1. The van der Waals surface area contributed by atoms with Crippen LogP contribution >= 0.6 is 0 Å². The lowest BCUT2D eigenvalue weighted by Gasteiger charge is -2.22. The number of Topliss-reactive ketones (excluding diaryl/α,β-unsaturated/α-hetero) is 1. The zero-order valence-corrected chi connectivity index (χ0v) is 18.6. The van der Waals surface area contributed by atoms with Crippen molar-refractivity contribution in [2.24, 2.45) is 0 Å². The van der Waals surface area contributed by atoms with Gasteiger partial charge in [0.2, 0.25) is 0 Å². The maximum atomic E-state index is 13.5. The van der Waals surface area contributed by atoms with Crippen molar-refractivity contribution in [3.8, 4) is 0 Å². The molecule has 1 aromatic heterocycles. The minimum absolute atomic E-state index is 0.176. The van der Waals surface area contributed by atoms with Crippen molar-refractivity contribution in [1.82, 2.24) is 4.57 Å². The van der Waals surface area contributed by atoms with Crippen LogP contribution in [0.2, 0.25) is 18.1 Å². The Morgan fingerprint density at radius 1 is 1.11 bits per heavy atom. The van der Waals surface area contributed by atoms with Crippen LogP contribution < -0.4 is 0 Å². The molecule has 0 fully saturated rings. The van der Waals surface area contributed by atoms with Crippen molar-refractivity contribution >= 4 is 36.2 Å². The SMILES string of the molecule is CC[Si](CC)(CC)C(=[N+]=[N-])C(=O)c1cc2ccccc2n1C(=O)OC(C)(C)C. The van der Waals surface area contributed by atoms with E-state index in [2.05, 4.69) is 4.79 Å². The molecule has 7 heteroatoms. The fourth-order valence-corrected chi connectivity index (χ4v) is 6.92. The fraction of sp³-hybridized carbons (Fsp3) is 0.476. The predicted octanol–water partition coefficient (Wildman–Crippen LogP) is 5.33. The molecule has 6 nitrogen and oxygen atoms in total. The number of nitrogens with zero attached hydrogens (tertiary/aromatic N) is 3.